The van der Waals surface area contributed by atoms with Crippen molar-refractivity contribution in [2.75, 3.05) is 13.1 Å². The lowest BCUT2D eigenvalue weighted by Crippen LogP contribution is -2.35. The largest absolute Gasteiger partial charge is 0.351 e. The van der Waals surface area contributed by atoms with Crippen LogP contribution in [-0.2, 0) is 11.3 Å². The molecule has 0 aliphatic carbocycles. The third-order valence-corrected chi connectivity index (χ3v) is 4.41. The number of hydrogen-bond donors (Lipinski definition) is 1. The molecule has 0 aromatic carbocycles. The van der Waals surface area contributed by atoms with Gasteiger partial charge in [0.1, 0.15) is 10.7 Å². The van der Waals surface area contributed by atoms with Crippen molar-refractivity contribution >= 4 is 46.4 Å². The van der Waals surface area contributed by atoms with Crippen LogP contribution in [0.25, 0.3) is 0 Å². The Morgan fingerprint density at radius 2 is 2.00 bits per heavy atom. The Bertz CT molecular complexity index is 509. The third kappa shape index (κ3) is 7.06. The highest BCUT2D eigenvalue weighted by atomic mass is 35.5. The highest BCUT2D eigenvalue weighted by Gasteiger charge is 2.21. The number of rotatable bonds is 10. The quantitative estimate of drug-likeness (QED) is 0.498. The first-order valence-corrected chi connectivity index (χ1v) is 9.54. The molecule has 1 aromatic heterocycles. The van der Waals surface area contributed by atoms with E-state index in [0.29, 0.717) is 30.3 Å². The predicted molar refractivity (Wildman–Crippen MR) is 95.2 cm³/mol. The van der Waals surface area contributed by atoms with Crippen molar-refractivity contribution in [3.05, 3.63) is 16.1 Å². The van der Waals surface area contributed by atoms with E-state index in [0.717, 1.165) is 25.7 Å². The van der Waals surface area contributed by atoms with Crippen LogP contribution in [0, 0.1) is 0 Å². The molecule has 0 saturated heterocycles. The van der Waals surface area contributed by atoms with Crippen LogP contribution in [-0.4, -0.2) is 39.6 Å². The molecule has 0 spiro atoms. The smallest absolute Gasteiger partial charge is 0.270 e. The molecule has 0 saturated carbocycles. The maximum absolute atomic E-state index is 12.0. The molecule has 1 aromatic rings. The summed E-state index contributed by atoms with van der Waals surface area (Å²) in [4.78, 5) is 28.8. The van der Waals surface area contributed by atoms with Crippen LogP contribution in [0.5, 0.6) is 0 Å². The van der Waals surface area contributed by atoms with Crippen molar-refractivity contribution in [3.63, 3.8) is 0 Å². The summed E-state index contributed by atoms with van der Waals surface area (Å²) in [5.74, 6) is -0.508. The van der Waals surface area contributed by atoms with Crippen LogP contribution in [0.1, 0.15) is 55.0 Å². The van der Waals surface area contributed by atoms with E-state index in [1.165, 1.54) is 11.3 Å². The molecule has 2 amide bonds. The van der Waals surface area contributed by atoms with Crippen molar-refractivity contribution in [2.45, 2.75) is 50.9 Å². The number of alkyl halides is 2. The Labute approximate surface area is 151 Å². The molecule has 0 bridgehead atoms. The van der Waals surface area contributed by atoms with Crippen molar-refractivity contribution in [2.24, 2.45) is 0 Å². The van der Waals surface area contributed by atoms with E-state index in [1.807, 2.05) is 6.92 Å². The second-order valence-electron chi connectivity index (χ2n) is 5.15. The van der Waals surface area contributed by atoms with E-state index < -0.39 is 4.84 Å². The monoisotopic (exact) mass is 379 g/mol. The molecule has 1 rings (SSSR count). The van der Waals surface area contributed by atoms with Gasteiger partial charge in [-0.25, -0.2) is 4.98 Å². The molecule has 0 aliphatic rings. The van der Waals surface area contributed by atoms with Crippen LogP contribution in [0.4, 0.5) is 0 Å². The average molecular weight is 380 g/mol. The molecule has 1 heterocycles. The fraction of sp³-hybridized carbons (Fsp3) is 0.667. The Kier molecular flexibility index (Phi) is 9.52. The van der Waals surface area contributed by atoms with Crippen molar-refractivity contribution < 1.29 is 9.59 Å². The van der Waals surface area contributed by atoms with Gasteiger partial charge in [-0.15, -0.1) is 11.3 Å². The molecule has 5 nitrogen and oxygen atoms in total. The predicted octanol–water partition coefficient (Wildman–Crippen LogP) is 3.61. The first-order chi connectivity index (χ1) is 11.0. The fourth-order valence-corrected chi connectivity index (χ4v) is 2.94. The van der Waals surface area contributed by atoms with Gasteiger partial charge in [-0.3, -0.25) is 9.59 Å². The van der Waals surface area contributed by atoms with Gasteiger partial charge in [0.05, 0.1) is 6.54 Å². The van der Waals surface area contributed by atoms with Crippen molar-refractivity contribution in [3.8, 4) is 0 Å². The van der Waals surface area contributed by atoms with Gasteiger partial charge in [-0.1, -0.05) is 49.9 Å². The van der Waals surface area contributed by atoms with Crippen LogP contribution in [0.3, 0.4) is 0 Å². The number of amides is 2. The Hall–Kier alpha value is -0.850. The highest BCUT2D eigenvalue weighted by molar-refractivity contribution is 7.09. The first-order valence-electron chi connectivity index (χ1n) is 7.79. The van der Waals surface area contributed by atoms with Gasteiger partial charge in [0.15, 0.2) is 4.84 Å². The van der Waals surface area contributed by atoms with Crippen LogP contribution >= 0.6 is 34.5 Å². The number of nitrogens with zero attached hydrogens (tertiary/aromatic N) is 2. The lowest BCUT2D eigenvalue weighted by atomic mass is 10.3. The van der Waals surface area contributed by atoms with Crippen LogP contribution in [0.15, 0.2) is 5.38 Å². The second kappa shape index (κ2) is 10.8. The molecule has 0 fully saturated rings. The fourth-order valence-electron chi connectivity index (χ4n) is 1.87. The van der Waals surface area contributed by atoms with E-state index in [9.17, 15) is 9.59 Å². The van der Waals surface area contributed by atoms with Gasteiger partial charge in [0, 0.05) is 18.5 Å². The lowest BCUT2D eigenvalue weighted by molar-refractivity contribution is -0.130. The zero-order chi connectivity index (χ0) is 17.2. The van der Waals surface area contributed by atoms with Crippen LogP contribution < -0.4 is 5.32 Å². The summed E-state index contributed by atoms with van der Waals surface area (Å²) in [6.45, 7) is 5.65. The minimum Gasteiger partial charge on any atom is -0.351 e. The zero-order valence-electron chi connectivity index (χ0n) is 13.5. The maximum atomic E-state index is 12.0. The normalized spacial score (nSPS) is 10.8. The number of hydrogen-bond acceptors (Lipinski definition) is 4. The van der Waals surface area contributed by atoms with Crippen molar-refractivity contribution in [1.29, 1.82) is 0 Å². The molecule has 0 atom stereocenters. The van der Waals surface area contributed by atoms with E-state index in [-0.39, 0.29) is 11.8 Å². The molecular weight excluding hydrogens is 357 g/mol. The topological polar surface area (TPSA) is 62.3 Å². The number of carbonyl (C=O) groups is 2. The minimum atomic E-state index is -1.08. The zero-order valence-corrected chi connectivity index (χ0v) is 15.8. The van der Waals surface area contributed by atoms with Gasteiger partial charge in [-0.2, -0.15) is 0 Å². The number of carbonyl (C=O) groups excluding carboxylic acids is 2. The molecule has 130 valence electrons. The summed E-state index contributed by atoms with van der Waals surface area (Å²) in [5.41, 5.74) is 0.386. The summed E-state index contributed by atoms with van der Waals surface area (Å²) in [5, 5.41) is 5.23. The number of halogens is 2. The second-order valence-corrected chi connectivity index (χ2v) is 7.19. The standard InChI is InChI=1S/C15H23Cl2N3O2S/c1-3-5-7-18-14(21)11-10-23-12(19-11)9-20(8-6-4-2)15(22)13(16)17/h10,13H,3-9H2,1-2H3,(H,18,21). The molecule has 0 radical (unpaired) electrons. The molecule has 1 N–H and O–H groups in total. The Morgan fingerprint density at radius 1 is 1.30 bits per heavy atom. The van der Waals surface area contributed by atoms with E-state index in [4.69, 9.17) is 23.2 Å². The summed E-state index contributed by atoms with van der Waals surface area (Å²) in [7, 11) is 0. The van der Waals surface area contributed by atoms with Gasteiger partial charge in [-0.05, 0) is 12.8 Å². The summed E-state index contributed by atoms with van der Waals surface area (Å²) in [6, 6.07) is 0. The third-order valence-electron chi connectivity index (χ3n) is 3.21. The van der Waals surface area contributed by atoms with Crippen LogP contribution in [0.2, 0.25) is 0 Å². The summed E-state index contributed by atoms with van der Waals surface area (Å²) >= 11 is 12.7. The summed E-state index contributed by atoms with van der Waals surface area (Å²) < 4.78 is 0. The number of unbranched alkanes of at least 4 members (excludes halogenated alkanes) is 2. The summed E-state index contributed by atoms with van der Waals surface area (Å²) in [6.07, 6.45) is 3.79. The van der Waals surface area contributed by atoms with E-state index >= 15 is 0 Å². The Morgan fingerprint density at radius 3 is 2.61 bits per heavy atom. The molecule has 0 unspecified atom stereocenters. The molecular formula is C15H23Cl2N3O2S. The highest BCUT2D eigenvalue weighted by Crippen LogP contribution is 2.16. The van der Waals surface area contributed by atoms with Crippen molar-refractivity contribution in [1.82, 2.24) is 15.2 Å². The number of nitrogens with one attached hydrogen (secondary N) is 1. The minimum absolute atomic E-state index is 0.181. The van der Waals surface area contributed by atoms with Gasteiger partial charge in [0.2, 0.25) is 0 Å². The first kappa shape index (κ1) is 20.2. The molecule has 8 heteroatoms. The Balaban J connectivity index is 2.66. The van der Waals surface area contributed by atoms with E-state index in [1.54, 1.807) is 10.3 Å². The van der Waals surface area contributed by atoms with Gasteiger partial charge in [0.25, 0.3) is 11.8 Å². The molecule has 0 aliphatic heterocycles. The average Bonchev–Trinajstić information content (AvgIpc) is 2.99. The maximum Gasteiger partial charge on any atom is 0.270 e. The van der Waals surface area contributed by atoms with Gasteiger partial charge < -0.3 is 10.2 Å². The van der Waals surface area contributed by atoms with E-state index in [2.05, 4.69) is 17.2 Å². The SMILES string of the molecule is CCCCNC(=O)c1csc(CN(CCCC)C(=O)C(Cl)Cl)n1. The lowest BCUT2D eigenvalue weighted by Gasteiger charge is -2.21. The molecule has 23 heavy (non-hydrogen) atoms. The number of aromatic nitrogens is 1. The number of thiazole rings is 1. The van der Waals surface area contributed by atoms with Gasteiger partial charge >= 0.3 is 0 Å².